The van der Waals surface area contributed by atoms with E-state index in [1.165, 1.54) is 0 Å². The smallest absolute Gasteiger partial charge is 0.243 e. The molecule has 0 aliphatic heterocycles. The summed E-state index contributed by atoms with van der Waals surface area (Å²) in [7, 11) is 0. The van der Waals surface area contributed by atoms with E-state index in [9.17, 15) is 9.59 Å². The van der Waals surface area contributed by atoms with Crippen LogP contribution in [0.25, 0.3) is 0 Å². The highest BCUT2D eigenvalue weighted by Crippen LogP contribution is 2.19. The fourth-order valence-electron chi connectivity index (χ4n) is 1.49. The third-order valence-corrected chi connectivity index (χ3v) is 3.44. The summed E-state index contributed by atoms with van der Waals surface area (Å²) in [5.41, 5.74) is 1.72. The lowest BCUT2D eigenvalue weighted by Gasteiger charge is -2.11. The van der Waals surface area contributed by atoms with Crippen LogP contribution in [0.2, 0.25) is 0 Å². The van der Waals surface area contributed by atoms with Gasteiger partial charge in [0.05, 0.1) is 6.54 Å². The molecular formula is C14H19BrN2O2. The Morgan fingerprint density at radius 1 is 1.37 bits per heavy atom. The number of hydrogen-bond acceptors (Lipinski definition) is 2. The van der Waals surface area contributed by atoms with Crippen molar-refractivity contribution in [1.29, 1.82) is 0 Å². The molecule has 0 aromatic heterocycles. The van der Waals surface area contributed by atoms with Crippen LogP contribution in [0.1, 0.15) is 25.8 Å². The second kappa shape index (κ2) is 7.28. The number of aryl methyl sites for hydroxylation is 1. The Hall–Kier alpha value is -1.36. The molecule has 0 aliphatic rings. The van der Waals surface area contributed by atoms with Gasteiger partial charge in [0.1, 0.15) is 0 Å². The first-order valence-corrected chi connectivity index (χ1v) is 7.07. The Balaban J connectivity index is 2.49. The number of hydrogen-bond donors (Lipinski definition) is 2. The molecule has 1 aromatic rings. The summed E-state index contributed by atoms with van der Waals surface area (Å²) < 4.78 is 0.966. The molecule has 1 atom stereocenters. The molecule has 0 fully saturated rings. The highest BCUT2D eigenvalue weighted by Gasteiger charge is 2.12. The van der Waals surface area contributed by atoms with E-state index in [0.717, 1.165) is 22.1 Å². The minimum atomic E-state index is -0.220. The van der Waals surface area contributed by atoms with Gasteiger partial charge in [-0.3, -0.25) is 9.59 Å². The third-order valence-electron chi connectivity index (χ3n) is 2.95. The summed E-state index contributed by atoms with van der Waals surface area (Å²) in [4.78, 5) is 23.3. The Morgan fingerprint density at radius 3 is 2.63 bits per heavy atom. The first kappa shape index (κ1) is 15.7. The average Bonchev–Trinajstić information content (AvgIpc) is 2.38. The molecule has 1 rings (SSSR count). The quantitative estimate of drug-likeness (QED) is 0.874. The zero-order valence-corrected chi connectivity index (χ0v) is 13.0. The van der Waals surface area contributed by atoms with E-state index < -0.39 is 0 Å². The predicted molar refractivity (Wildman–Crippen MR) is 80.0 cm³/mol. The van der Waals surface area contributed by atoms with Crippen molar-refractivity contribution in [2.45, 2.75) is 27.2 Å². The van der Waals surface area contributed by atoms with Crippen molar-refractivity contribution < 1.29 is 9.59 Å². The van der Waals surface area contributed by atoms with E-state index in [-0.39, 0.29) is 24.3 Å². The van der Waals surface area contributed by atoms with Crippen LogP contribution in [0, 0.1) is 12.8 Å². The maximum absolute atomic E-state index is 11.7. The van der Waals surface area contributed by atoms with Gasteiger partial charge in [0.2, 0.25) is 11.8 Å². The van der Waals surface area contributed by atoms with E-state index >= 15 is 0 Å². The SMILES string of the molecule is CCC(C)C(=O)NCC(=O)Nc1ccc(Br)cc1C. The van der Waals surface area contributed by atoms with E-state index in [1.54, 1.807) is 0 Å². The standard InChI is InChI=1S/C14H19BrN2O2/c1-4-9(2)14(19)16-8-13(18)17-12-6-5-11(15)7-10(12)3/h5-7,9H,4,8H2,1-3H3,(H,16,19)(H,17,18). The molecule has 0 radical (unpaired) electrons. The molecule has 4 nitrogen and oxygen atoms in total. The largest absolute Gasteiger partial charge is 0.347 e. The van der Waals surface area contributed by atoms with Crippen LogP contribution in [0.15, 0.2) is 22.7 Å². The second-order valence-corrected chi connectivity index (χ2v) is 5.45. The molecule has 5 heteroatoms. The fourth-order valence-corrected chi connectivity index (χ4v) is 1.96. The van der Waals surface area contributed by atoms with Gasteiger partial charge in [0.25, 0.3) is 0 Å². The summed E-state index contributed by atoms with van der Waals surface area (Å²) in [5.74, 6) is -0.380. The topological polar surface area (TPSA) is 58.2 Å². The number of anilines is 1. The normalized spacial score (nSPS) is 11.8. The van der Waals surface area contributed by atoms with Crippen LogP contribution in [0.3, 0.4) is 0 Å². The fraction of sp³-hybridized carbons (Fsp3) is 0.429. The summed E-state index contributed by atoms with van der Waals surface area (Å²) in [5, 5.41) is 5.40. The highest BCUT2D eigenvalue weighted by molar-refractivity contribution is 9.10. The Bertz CT molecular complexity index is 475. The number of benzene rings is 1. The van der Waals surface area contributed by atoms with Gasteiger partial charge in [0, 0.05) is 16.1 Å². The minimum absolute atomic E-state index is 0.00131. The Morgan fingerprint density at radius 2 is 2.05 bits per heavy atom. The molecule has 0 bridgehead atoms. The van der Waals surface area contributed by atoms with E-state index in [4.69, 9.17) is 0 Å². The summed E-state index contributed by atoms with van der Waals surface area (Å²) >= 11 is 3.37. The van der Waals surface area contributed by atoms with E-state index in [1.807, 2.05) is 39.0 Å². The molecule has 2 N–H and O–H groups in total. The van der Waals surface area contributed by atoms with Crippen LogP contribution in [0.4, 0.5) is 5.69 Å². The van der Waals surface area contributed by atoms with Gasteiger partial charge in [-0.1, -0.05) is 29.8 Å². The molecule has 19 heavy (non-hydrogen) atoms. The van der Waals surface area contributed by atoms with Crippen molar-refractivity contribution in [1.82, 2.24) is 5.32 Å². The number of carbonyl (C=O) groups excluding carboxylic acids is 2. The van der Waals surface area contributed by atoms with Crippen molar-refractivity contribution >= 4 is 33.4 Å². The van der Waals surface area contributed by atoms with Crippen LogP contribution in [-0.4, -0.2) is 18.4 Å². The van der Waals surface area contributed by atoms with E-state index in [0.29, 0.717) is 0 Å². The zero-order chi connectivity index (χ0) is 14.4. The zero-order valence-electron chi connectivity index (χ0n) is 11.4. The van der Waals surface area contributed by atoms with Gasteiger partial charge >= 0.3 is 0 Å². The van der Waals surface area contributed by atoms with E-state index in [2.05, 4.69) is 26.6 Å². The van der Waals surface area contributed by atoms with Crippen molar-refractivity contribution in [2.75, 3.05) is 11.9 Å². The van der Waals surface area contributed by atoms with Gasteiger partial charge in [-0.15, -0.1) is 0 Å². The molecular weight excluding hydrogens is 308 g/mol. The maximum Gasteiger partial charge on any atom is 0.243 e. The molecule has 1 unspecified atom stereocenters. The molecule has 2 amide bonds. The number of carbonyl (C=O) groups is 2. The summed E-state index contributed by atoms with van der Waals surface area (Å²) in [6.45, 7) is 5.69. The van der Waals surface area contributed by atoms with Crippen LogP contribution >= 0.6 is 15.9 Å². The number of rotatable bonds is 5. The lowest BCUT2D eigenvalue weighted by Crippen LogP contribution is -2.35. The van der Waals surface area contributed by atoms with Gasteiger partial charge in [-0.05, 0) is 37.1 Å². The van der Waals surface area contributed by atoms with Gasteiger partial charge in [-0.2, -0.15) is 0 Å². The van der Waals surface area contributed by atoms with Crippen molar-refractivity contribution in [3.05, 3.63) is 28.2 Å². The molecule has 0 saturated carbocycles. The minimum Gasteiger partial charge on any atom is -0.347 e. The maximum atomic E-state index is 11.7. The van der Waals surface area contributed by atoms with Crippen LogP contribution in [0.5, 0.6) is 0 Å². The second-order valence-electron chi connectivity index (χ2n) is 4.53. The lowest BCUT2D eigenvalue weighted by molar-refractivity contribution is -0.126. The molecule has 104 valence electrons. The van der Waals surface area contributed by atoms with Crippen molar-refractivity contribution in [3.8, 4) is 0 Å². The van der Waals surface area contributed by atoms with Crippen LogP contribution < -0.4 is 10.6 Å². The predicted octanol–water partition coefficient (Wildman–Crippen LogP) is 2.86. The number of halogens is 1. The summed E-state index contributed by atoms with van der Waals surface area (Å²) in [6, 6.07) is 5.61. The molecule has 0 heterocycles. The van der Waals surface area contributed by atoms with Gasteiger partial charge < -0.3 is 10.6 Å². The van der Waals surface area contributed by atoms with Gasteiger partial charge in [0.15, 0.2) is 0 Å². The van der Waals surface area contributed by atoms with Gasteiger partial charge in [-0.25, -0.2) is 0 Å². The van der Waals surface area contributed by atoms with Crippen molar-refractivity contribution in [2.24, 2.45) is 5.92 Å². The number of amides is 2. The highest BCUT2D eigenvalue weighted by atomic mass is 79.9. The Labute approximate surface area is 122 Å². The first-order valence-electron chi connectivity index (χ1n) is 6.27. The Kier molecular flexibility index (Phi) is 6.02. The molecule has 0 saturated heterocycles. The third kappa shape index (κ3) is 5.03. The monoisotopic (exact) mass is 326 g/mol. The molecule has 0 aliphatic carbocycles. The van der Waals surface area contributed by atoms with Crippen molar-refractivity contribution in [3.63, 3.8) is 0 Å². The molecule has 1 aromatic carbocycles. The van der Waals surface area contributed by atoms with Crippen LogP contribution in [-0.2, 0) is 9.59 Å². The lowest BCUT2D eigenvalue weighted by atomic mass is 10.1. The number of nitrogens with one attached hydrogen (secondary N) is 2. The first-order chi connectivity index (χ1) is 8.93. The molecule has 0 spiro atoms. The summed E-state index contributed by atoms with van der Waals surface area (Å²) in [6.07, 6.45) is 0.763. The average molecular weight is 327 g/mol.